The molecule has 0 aliphatic rings. The second-order valence-electron chi connectivity index (χ2n) is 4.54. The molecule has 0 fully saturated rings. The van der Waals surface area contributed by atoms with Crippen molar-refractivity contribution in [3.8, 4) is 5.69 Å². The molecule has 0 saturated heterocycles. The van der Waals surface area contributed by atoms with Crippen LogP contribution in [-0.4, -0.2) is 9.78 Å². The molecule has 2 rings (SSSR count). The molecule has 0 saturated carbocycles. The molecule has 0 bridgehead atoms. The highest BCUT2D eigenvalue weighted by molar-refractivity contribution is 5.41. The van der Waals surface area contributed by atoms with Gasteiger partial charge in [-0.05, 0) is 37.0 Å². The molecule has 0 atom stereocenters. The van der Waals surface area contributed by atoms with Crippen LogP contribution in [0, 0.1) is 13.8 Å². The lowest BCUT2D eigenvalue weighted by molar-refractivity contribution is 0.819. The molecule has 0 unspecified atom stereocenters. The quantitative estimate of drug-likeness (QED) is 0.746. The number of para-hydroxylation sites is 1. The number of aryl methyl sites for hydroxylation is 1. The first-order chi connectivity index (χ1) is 7.61. The minimum absolute atomic E-state index is 0.526. The highest BCUT2D eigenvalue weighted by atomic mass is 15.3. The van der Waals surface area contributed by atoms with Crippen LogP contribution in [0.4, 0.5) is 0 Å². The fraction of sp³-hybridized carbons (Fsp3) is 0.357. The van der Waals surface area contributed by atoms with E-state index in [0.29, 0.717) is 5.92 Å². The van der Waals surface area contributed by atoms with Gasteiger partial charge in [0.05, 0.1) is 11.9 Å². The third kappa shape index (κ3) is 1.75. The molecule has 2 aromatic rings. The van der Waals surface area contributed by atoms with Crippen molar-refractivity contribution in [3.05, 3.63) is 47.3 Å². The Labute approximate surface area is 96.9 Å². The first kappa shape index (κ1) is 10.9. The first-order valence-electron chi connectivity index (χ1n) is 5.71. The zero-order valence-electron chi connectivity index (χ0n) is 10.4. The Balaban J connectivity index is 2.54. The highest BCUT2D eigenvalue weighted by Gasteiger charge is 2.11. The van der Waals surface area contributed by atoms with E-state index in [1.165, 1.54) is 22.5 Å². The predicted octanol–water partition coefficient (Wildman–Crippen LogP) is 3.61. The summed E-state index contributed by atoms with van der Waals surface area (Å²) >= 11 is 0. The van der Waals surface area contributed by atoms with Crippen LogP contribution in [0.3, 0.4) is 0 Å². The molecule has 0 spiro atoms. The Morgan fingerprint density at radius 2 is 1.81 bits per heavy atom. The summed E-state index contributed by atoms with van der Waals surface area (Å²) in [7, 11) is 0. The lowest BCUT2D eigenvalue weighted by atomic mass is 10.0. The summed E-state index contributed by atoms with van der Waals surface area (Å²) < 4.78 is 2.03. The van der Waals surface area contributed by atoms with Gasteiger partial charge in [0.15, 0.2) is 0 Å². The van der Waals surface area contributed by atoms with Crippen molar-refractivity contribution >= 4 is 0 Å². The lowest BCUT2D eigenvalue weighted by Gasteiger charge is -2.09. The summed E-state index contributed by atoms with van der Waals surface area (Å²) in [5, 5.41) is 4.48. The van der Waals surface area contributed by atoms with Crippen molar-refractivity contribution in [1.82, 2.24) is 9.78 Å². The van der Waals surface area contributed by atoms with E-state index in [-0.39, 0.29) is 0 Å². The standard InChI is InChI=1S/C14H18N2/c1-10(2)13-9-15-16(12(13)4)14-8-6-5-7-11(14)3/h5-10H,1-4H3. The molecule has 1 aromatic carbocycles. The van der Waals surface area contributed by atoms with Crippen LogP contribution in [0.5, 0.6) is 0 Å². The van der Waals surface area contributed by atoms with Crippen molar-refractivity contribution in [1.29, 1.82) is 0 Å². The number of rotatable bonds is 2. The summed E-state index contributed by atoms with van der Waals surface area (Å²) in [6.07, 6.45) is 1.98. The first-order valence-corrected chi connectivity index (χ1v) is 5.71. The SMILES string of the molecule is Cc1ccccc1-n1ncc(C(C)C)c1C. The number of hydrogen-bond donors (Lipinski definition) is 0. The number of hydrogen-bond acceptors (Lipinski definition) is 1. The number of aromatic nitrogens is 2. The highest BCUT2D eigenvalue weighted by Crippen LogP contribution is 2.22. The van der Waals surface area contributed by atoms with Crippen molar-refractivity contribution in [2.75, 3.05) is 0 Å². The molecule has 2 nitrogen and oxygen atoms in total. The van der Waals surface area contributed by atoms with E-state index in [1.54, 1.807) is 0 Å². The summed E-state index contributed by atoms with van der Waals surface area (Å²) in [4.78, 5) is 0. The van der Waals surface area contributed by atoms with Gasteiger partial charge in [0.1, 0.15) is 0 Å². The number of benzene rings is 1. The second kappa shape index (κ2) is 4.12. The molecular formula is C14H18N2. The molecule has 0 amide bonds. The van der Waals surface area contributed by atoms with Gasteiger partial charge in [-0.25, -0.2) is 4.68 Å². The normalized spacial score (nSPS) is 11.1. The van der Waals surface area contributed by atoms with Crippen molar-refractivity contribution < 1.29 is 0 Å². The second-order valence-corrected chi connectivity index (χ2v) is 4.54. The lowest BCUT2D eigenvalue weighted by Crippen LogP contribution is -2.01. The van der Waals surface area contributed by atoms with Gasteiger partial charge >= 0.3 is 0 Å². The van der Waals surface area contributed by atoms with E-state index in [1.807, 2.05) is 10.9 Å². The van der Waals surface area contributed by atoms with Gasteiger partial charge in [-0.2, -0.15) is 5.10 Å². The summed E-state index contributed by atoms with van der Waals surface area (Å²) in [5.41, 5.74) is 4.99. The monoisotopic (exact) mass is 214 g/mol. The molecule has 2 heteroatoms. The van der Waals surface area contributed by atoms with Gasteiger partial charge in [-0.3, -0.25) is 0 Å². The topological polar surface area (TPSA) is 17.8 Å². The summed E-state index contributed by atoms with van der Waals surface area (Å²) in [6.45, 7) is 8.65. The Morgan fingerprint density at radius 3 is 2.38 bits per heavy atom. The Kier molecular flexibility index (Phi) is 2.82. The van der Waals surface area contributed by atoms with Crippen LogP contribution in [0.25, 0.3) is 5.69 Å². The van der Waals surface area contributed by atoms with E-state index in [2.05, 4.69) is 57.1 Å². The van der Waals surface area contributed by atoms with Crippen LogP contribution >= 0.6 is 0 Å². The van der Waals surface area contributed by atoms with E-state index >= 15 is 0 Å². The maximum absolute atomic E-state index is 4.48. The molecule has 1 heterocycles. The fourth-order valence-electron chi connectivity index (χ4n) is 2.03. The van der Waals surface area contributed by atoms with Gasteiger partial charge in [-0.1, -0.05) is 32.0 Å². The minimum atomic E-state index is 0.526. The smallest absolute Gasteiger partial charge is 0.0677 e. The molecular weight excluding hydrogens is 196 g/mol. The fourth-order valence-corrected chi connectivity index (χ4v) is 2.03. The van der Waals surface area contributed by atoms with E-state index in [4.69, 9.17) is 0 Å². The van der Waals surface area contributed by atoms with Crippen molar-refractivity contribution in [3.63, 3.8) is 0 Å². The Bertz CT molecular complexity index is 495. The van der Waals surface area contributed by atoms with Crippen LogP contribution in [-0.2, 0) is 0 Å². The zero-order chi connectivity index (χ0) is 11.7. The Morgan fingerprint density at radius 1 is 1.12 bits per heavy atom. The van der Waals surface area contributed by atoms with Gasteiger partial charge < -0.3 is 0 Å². The van der Waals surface area contributed by atoms with Crippen molar-refractivity contribution in [2.24, 2.45) is 0 Å². The van der Waals surface area contributed by atoms with Gasteiger partial charge in [0.25, 0.3) is 0 Å². The molecule has 0 aliphatic carbocycles. The molecule has 0 radical (unpaired) electrons. The number of nitrogens with zero attached hydrogens (tertiary/aromatic N) is 2. The van der Waals surface area contributed by atoms with Gasteiger partial charge in [0.2, 0.25) is 0 Å². The molecule has 0 aliphatic heterocycles. The Hall–Kier alpha value is -1.57. The minimum Gasteiger partial charge on any atom is -0.238 e. The van der Waals surface area contributed by atoms with E-state index in [0.717, 1.165) is 0 Å². The average molecular weight is 214 g/mol. The van der Waals surface area contributed by atoms with Crippen LogP contribution in [0.2, 0.25) is 0 Å². The van der Waals surface area contributed by atoms with Crippen LogP contribution in [0.1, 0.15) is 36.6 Å². The molecule has 16 heavy (non-hydrogen) atoms. The summed E-state index contributed by atoms with van der Waals surface area (Å²) in [5.74, 6) is 0.526. The predicted molar refractivity (Wildman–Crippen MR) is 67.1 cm³/mol. The molecule has 0 N–H and O–H groups in total. The third-order valence-electron chi connectivity index (χ3n) is 3.01. The van der Waals surface area contributed by atoms with Gasteiger partial charge in [-0.15, -0.1) is 0 Å². The average Bonchev–Trinajstić information content (AvgIpc) is 2.61. The summed E-state index contributed by atoms with van der Waals surface area (Å²) in [6, 6.07) is 8.34. The van der Waals surface area contributed by atoms with E-state index in [9.17, 15) is 0 Å². The molecule has 1 aromatic heterocycles. The maximum atomic E-state index is 4.48. The van der Waals surface area contributed by atoms with Crippen molar-refractivity contribution in [2.45, 2.75) is 33.6 Å². The molecule has 84 valence electrons. The largest absolute Gasteiger partial charge is 0.238 e. The van der Waals surface area contributed by atoms with Crippen LogP contribution < -0.4 is 0 Å². The zero-order valence-corrected chi connectivity index (χ0v) is 10.4. The third-order valence-corrected chi connectivity index (χ3v) is 3.01. The van der Waals surface area contributed by atoms with Crippen LogP contribution in [0.15, 0.2) is 30.5 Å². The maximum Gasteiger partial charge on any atom is 0.0677 e. The van der Waals surface area contributed by atoms with Gasteiger partial charge in [0, 0.05) is 5.69 Å². The van der Waals surface area contributed by atoms with E-state index < -0.39 is 0 Å².